The van der Waals surface area contributed by atoms with Crippen LogP contribution in [0.5, 0.6) is 0 Å². The van der Waals surface area contributed by atoms with Crippen LogP contribution in [0.15, 0.2) is 4.99 Å². The fourth-order valence-corrected chi connectivity index (χ4v) is 7.01. The lowest BCUT2D eigenvalue weighted by atomic mass is 9.62. The molecule has 208 valence electrons. The van der Waals surface area contributed by atoms with Gasteiger partial charge in [-0.05, 0) is 66.6 Å². The van der Waals surface area contributed by atoms with Gasteiger partial charge in [-0.25, -0.2) is 4.79 Å². The van der Waals surface area contributed by atoms with Crippen molar-refractivity contribution in [1.82, 2.24) is 16.1 Å². The maximum Gasteiger partial charge on any atom is 0.407 e. The SMILES string of the molecule is CCCCOC(=O)NC1CC(C)(C)CC(C)(CN/C=N/CC2(C)CC(NOC(C)=O)CC(C)(C)C2)C1. The molecule has 0 heterocycles. The second-order valence-electron chi connectivity index (χ2n) is 13.7. The number of hydrogen-bond acceptors (Lipinski definition) is 6. The number of hydrogen-bond donors (Lipinski definition) is 3. The van der Waals surface area contributed by atoms with Crippen LogP contribution < -0.4 is 16.1 Å². The zero-order valence-corrected chi connectivity index (χ0v) is 24.1. The van der Waals surface area contributed by atoms with Gasteiger partial charge in [-0.1, -0.05) is 54.9 Å². The fourth-order valence-electron chi connectivity index (χ4n) is 7.01. The van der Waals surface area contributed by atoms with Gasteiger partial charge in [-0.2, -0.15) is 5.48 Å². The summed E-state index contributed by atoms with van der Waals surface area (Å²) in [5.41, 5.74) is 3.33. The number of carbonyl (C=O) groups is 2. The first-order chi connectivity index (χ1) is 16.6. The lowest BCUT2D eigenvalue weighted by Gasteiger charge is -2.46. The summed E-state index contributed by atoms with van der Waals surface area (Å²) in [6.45, 7) is 19.2. The molecule has 3 N–H and O–H groups in total. The van der Waals surface area contributed by atoms with Crippen LogP contribution in [0.4, 0.5) is 4.79 Å². The highest BCUT2D eigenvalue weighted by Crippen LogP contribution is 2.47. The van der Waals surface area contributed by atoms with E-state index in [1.165, 1.54) is 6.92 Å². The minimum atomic E-state index is -0.312. The van der Waals surface area contributed by atoms with Gasteiger partial charge < -0.3 is 20.2 Å². The van der Waals surface area contributed by atoms with Crippen molar-refractivity contribution in [3.63, 3.8) is 0 Å². The molecule has 2 aliphatic rings. The molecule has 4 unspecified atom stereocenters. The zero-order chi connectivity index (χ0) is 27.0. The van der Waals surface area contributed by atoms with Crippen LogP contribution in [-0.4, -0.2) is 50.2 Å². The fraction of sp³-hybridized carbons (Fsp3) is 0.893. The van der Waals surface area contributed by atoms with Crippen LogP contribution in [0.3, 0.4) is 0 Å². The minimum absolute atomic E-state index is 0.0294. The van der Waals surface area contributed by atoms with E-state index in [1.54, 1.807) is 0 Å². The van der Waals surface area contributed by atoms with Gasteiger partial charge in [0, 0.05) is 32.1 Å². The normalized spacial score (nSPS) is 31.6. The maximum atomic E-state index is 12.2. The molecule has 0 spiro atoms. The lowest BCUT2D eigenvalue weighted by Crippen LogP contribution is -2.49. The molecular formula is C28H52N4O4. The number of rotatable bonds is 11. The molecule has 0 aliphatic heterocycles. The number of unbranched alkanes of at least 4 members (excludes halogenated alkanes) is 1. The van der Waals surface area contributed by atoms with Gasteiger partial charge in [0.1, 0.15) is 0 Å². The smallest absolute Gasteiger partial charge is 0.407 e. The quantitative estimate of drug-likeness (QED) is 0.150. The summed E-state index contributed by atoms with van der Waals surface area (Å²) in [4.78, 5) is 33.3. The Morgan fingerprint density at radius 3 is 2.19 bits per heavy atom. The third-order valence-corrected chi connectivity index (χ3v) is 7.49. The van der Waals surface area contributed by atoms with Gasteiger partial charge in [0.2, 0.25) is 0 Å². The number of nitrogens with zero attached hydrogens (tertiary/aromatic N) is 1. The Hall–Kier alpha value is -1.83. The van der Waals surface area contributed by atoms with Gasteiger partial charge in [0.25, 0.3) is 0 Å². The number of nitrogens with one attached hydrogen (secondary N) is 3. The molecule has 2 saturated carbocycles. The topological polar surface area (TPSA) is 101 Å². The molecule has 2 aliphatic carbocycles. The molecule has 0 radical (unpaired) electrons. The first-order valence-electron chi connectivity index (χ1n) is 13.7. The Morgan fingerprint density at radius 1 is 0.944 bits per heavy atom. The summed E-state index contributed by atoms with van der Waals surface area (Å²) < 4.78 is 5.33. The van der Waals surface area contributed by atoms with Crippen molar-refractivity contribution in [3.05, 3.63) is 0 Å². The number of alkyl carbamates (subject to hydrolysis) is 1. The van der Waals surface area contributed by atoms with Crippen molar-refractivity contribution in [3.8, 4) is 0 Å². The van der Waals surface area contributed by atoms with Crippen molar-refractivity contribution in [2.24, 2.45) is 26.7 Å². The van der Waals surface area contributed by atoms with Crippen LogP contribution in [0, 0.1) is 21.7 Å². The molecule has 0 aromatic carbocycles. The molecule has 4 atom stereocenters. The van der Waals surface area contributed by atoms with Gasteiger partial charge in [-0.15, -0.1) is 0 Å². The average molecular weight is 509 g/mol. The van der Waals surface area contributed by atoms with Crippen LogP contribution in [0.25, 0.3) is 0 Å². The maximum absolute atomic E-state index is 12.2. The third kappa shape index (κ3) is 10.7. The van der Waals surface area contributed by atoms with E-state index in [0.717, 1.165) is 64.5 Å². The second-order valence-corrected chi connectivity index (χ2v) is 13.7. The number of hydroxylamine groups is 1. The number of amides is 1. The van der Waals surface area contributed by atoms with Gasteiger partial charge in [0.15, 0.2) is 0 Å². The molecule has 36 heavy (non-hydrogen) atoms. The summed E-state index contributed by atoms with van der Waals surface area (Å²) in [6.07, 6.45) is 9.36. The summed E-state index contributed by atoms with van der Waals surface area (Å²) in [6, 6.07) is 0.240. The minimum Gasteiger partial charge on any atom is -0.450 e. The molecule has 0 aromatic rings. The monoisotopic (exact) mass is 508 g/mol. The highest BCUT2D eigenvalue weighted by atomic mass is 16.7. The third-order valence-electron chi connectivity index (χ3n) is 7.49. The molecule has 0 aromatic heterocycles. The summed E-state index contributed by atoms with van der Waals surface area (Å²) in [5.74, 6) is -0.312. The van der Waals surface area contributed by atoms with E-state index in [1.807, 2.05) is 6.34 Å². The molecule has 0 saturated heterocycles. The van der Waals surface area contributed by atoms with E-state index >= 15 is 0 Å². The van der Waals surface area contributed by atoms with Crippen LogP contribution in [-0.2, 0) is 14.4 Å². The molecule has 2 fully saturated rings. The zero-order valence-electron chi connectivity index (χ0n) is 24.1. The molecule has 2 rings (SSSR count). The summed E-state index contributed by atoms with van der Waals surface area (Å²) in [7, 11) is 0. The Bertz CT molecular complexity index is 769. The summed E-state index contributed by atoms with van der Waals surface area (Å²) in [5, 5.41) is 6.56. The van der Waals surface area contributed by atoms with Crippen molar-refractivity contribution in [1.29, 1.82) is 0 Å². The van der Waals surface area contributed by atoms with Crippen LogP contribution in [0.2, 0.25) is 0 Å². The van der Waals surface area contributed by atoms with Crippen molar-refractivity contribution >= 4 is 18.4 Å². The number of carbonyl (C=O) groups excluding carboxylic acids is 2. The van der Waals surface area contributed by atoms with E-state index in [2.05, 4.69) is 64.6 Å². The van der Waals surface area contributed by atoms with Crippen molar-refractivity contribution < 1.29 is 19.2 Å². The predicted octanol–water partition coefficient (Wildman–Crippen LogP) is 5.37. The molecule has 8 heteroatoms. The lowest BCUT2D eigenvalue weighted by molar-refractivity contribution is -0.152. The molecular weight excluding hydrogens is 456 g/mol. The highest BCUT2D eigenvalue weighted by Gasteiger charge is 2.43. The number of ether oxygens (including phenoxy) is 1. The largest absolute Gasteiger partial charge is 0.450 e. The Morgan fingerprint density at radius 2 is 1.56 bits per heavy atom. The Labute approximate surface area is 219 Å². The highest BCUT2D eigenvalue weighted by molar-refractivity contribution is 5.67. The van der Waals surface area contributed by atoms with Crippen molar-refractivity contribution in [2.45, 2.75) is 119 Å². The van der Waals surface area contributed by atoms with Gasteiger partial charge >= 0.3 is 12.1 Å². The van der Waals surface area contributed by atoms with Crippen LogP contribution in [0.1, 0.15) is 107 Å². The summed E-state index contributed by atoms with van der Waals surface area (Å²) >= 11 is 0. The van der Waals surface area contributed by atoms with E-state index in [9.17, 15) is 9.59 Å². The van der Waals surface area contributed by atoms with Gasteiger partial charge in [0.05, 0.1) is 12.9 Å². The predicted molar refractivity (Wildman–Crippen MR) is 145 cm³/mol. The van der Waals surface area contributed by atoms with E-state index < -0.39 is 0 Å². The molecule has 1 amide bonds. The molecule has 8 nitrogen and oxygen atoms in total. The van der Waals surface area contributed by atoms with E-state index in [4.69, 9.17) is 14.6 Å². The first kappa shape index (κ1) is 30.4. The van der Waals surface area contributed by atoms with E-state index in [0.29, 0.717) is 6.61 Å². The molecule has 0 bridgehead atoms. The standard InChI is InChI=1S/C28H52N4O4/c1-9-10-11-35-24(34)31-22-12-25(3,4)16-27(7,14-22)18-29-20-30-19-28(8)15-23(32-36-21(2)33)13-26(5,6)17-28/h20,22-23,32H,9-19H2,1-8H3,(H,29,30)(H,31,34). The van der Waals surface area contributed by atoms with Crippen LogP contribution >= 0.6 is 0 Å². The van der Waals surface area contributed by atoms with Gasteiger partial charge in [-0.3, -0.25) is 9.79 Å². The number of aliphatic imine (C=N–C) groups is 1. The Balaban J connectivity index is 1.88. The average Bonchev–Trinajstić information content (AvgIpc) is 2.69. The Kier molecular flexibility index (Phi) is 10.6. The van der Waals surface area contributed by atoms with E-state index in [-0.39, 0.29) is 45.8 Å². The first-order valence-corrected chi connectivity index (χ1v) is 13.7. The van der Waals surface area contributed by atoms with Crippen molar-refractivity contribution in [2.75, 3.05) is 19.7 Å². The second kappa shape index (κ2) is 12.6.